The van der Waals surface area contributed by atoms with Crippen molar-refractivity contribution >= 4 is 18.2 Å². The number of amides is 3. The average molecular weight is 812 g/mol. The van der Waals surface area contributed by atoms with Crippen LogP contribution in [0.2, 0.25) is 0 Å². The molecule has 2 fully saturated rings. The number of ether oxygens (including phenoxy) is 6. The maximum Gasteiger partial charge on any atom is 0.264 e. The van der Waals surface area contributed by atoms with Gasteiger partial charge in [0.05, 0.1) is 85.2 Å². The number of hydrogen-bond donors (Lipinski definition) is 2. The van der Waals surface area contributed by atoms with Crippen LogP contribution in [0.25, 0.3) is 0 Å². The Kier molecular flexibility index (Phi) is 24.6. The topological polar surface area (TPSA) is 161 Å². The van der Waals surface area contributed by atoms with Crippen LogP contribution < -0.4 is 10.6 Å². The number of carbonyl (C=O) groups excluding carboxylic acids is 3. The van der Waals surface area contributed by atoms with Gasteiger partial charge < -0.3 is 48.7 Å². The largest absolute Gasteiger partial charge is 0.528 e. The molecule has 0 aromatic heterocycles. The van der Waals surface area contributed by atoms with E-state index in [1.165, 1.54) is 0 Å². The van der Waals surface area contributed by atoms with Crippen LogP contribution in [0.3, 0.4) is 0 Å². The second-order valence-corrected chi connectivity index (χ2v) is 12.2. The van der Waals surface area contributed by atoms with Gasteiger partial charge in [0.25, 0.3) is 5.91 Å². The first kappa shape index (κ1) is 43.7. The van der Waals surface area contributed by atoms with E-state index < -0.39 is 0 Å². The molecule has 2 atom stereocenters. The van der Waals surface area contributed by atoms with Gasteiger partial charge in [-0.25, -0.2) is 0 Å². The number of likely N-dealkylation sites (tertiary alicyclic amines) is 1. The zero-order valence-corrected chi connectivity index (χ0v) is 30.4. The molecular weight excluding hydrogens is 757 g/mol. The van der Waals surface area contributed by atoms with Gasteiger partial charge >= 0.3 is 0 Å². The fraction of sp³-hybridized carbons (Fsp3) is 0.812. The molecule has 2 saturated heterocycles. The number of nitriles is 1. The molecule has 0 saturated carbocycles. The molecule has 0 aromatic rings. The van der Waals surface area contributed by atoms with Gasteiger partial charge in [0.1, 0.15) is 11.6 Å². The van der Waals surface area contributed by atoms with Crippen LogP contribution in [0.15, 0.2) is 11.6 Å². The predicted octanol–water partition coefficient (Wildman–Crippen LogP) is 0.135. The van der Waals surface area contributed by atoms with Gasteiger partial charge in [-0.15, -0.1) is 0 Å². The number of hydrogen-bond acceptors (Lipinski definition) is 11. The molecular formula is C32H54N5O9Tb-. The normalized spacial score (nSPS) is 19.0. The Bertz CT molecular complexity index is 960. The maximum atomic E-state index is 13.4. The molecule has 0 aromatic carbocycles. The SMILES string of the molecule is CC1CC(C(=O)NCCOCCOCCOCCOCCOCCN[C-]=O)CN(C(=O)/C(C#N)=C/C(C)(C)CN2CCOCC2)C1.[Tb]. The first-order chi connectivity index (χ1) is 22.3. The van der Waals surface area contributed by atoms with Crippen LogP contribution in [0.1, 0.15) is 27.2 Å². The molecule has 0 spiro atoms. The molecule has 271 valence electrons. The summed E-state index contributed by atoms with van der Waals surface area (Å²) in [4.78, 5) is 40.2. The zero-order chi connectivity index (χ0) is 33.5. The van der Waals surface area contributed by atoms with Gasteiger partial charge in [0, 0.05) is 84.4 Å². The molecule has 0 aliphatic carbocycles. The number of carbonyl (C=O) groups is 2. The molecule has 2 unspecified atom stereocenters. The average Bonchev–Trinajstić information content (AvgIpc) is 3.04. The number of nitrogens with one attached hydrogen (secondary N) is 2. The van der Waals surface area contributed by atoms with Crippen LogP contribution in [0, 0.1) is 67.2 Å². The summed E-state index contributed by atoms with van der Waals surface area (Å²) in [5.41, 5.74) is -0.236. The summed E-state index contributed by atoms with van der Waals surface area (Å²) in [5.74, 6) is -0.627. The quantitative estimate of drug-likeness (QED) is 0.0449. The van der Waals surface area contributed by atoms with Crippen molar-refractivity contribution in [2.75, 3.05) is 125 Å². The summed E-state index contributed by atoms with van der Waals surface area (Å²) >= 11 is 0. The summed E-state index contributed by atoms with van der Waals surface area (Å²) in [6.07, 6.45) is 4.04. The molecule has 15 heteroatoms. The van der Waals surface area contributed by atoms with E-state index in [0.717, 1.165) is 19.6 Å². The van der Waals surface area contributed by atoms with E-state index in [0.29, 0.717) is 105 Å². The minimum Gasteiger partial charge on any atom is -0.528 e. The standard InChI is InChI=1S/C32H54N5O9.Tb/c1-27-20-28(24-37(23-27)31(40)29(22-33)21-32(2,3)25-36-6-10-43-11-7-36)30(39)35-5-9-42-13-15-45-17-19-46-18-16-44-14-12-41-8-4-34-26-38;/h21,27-28H,4-20,23-25H2,1-3H3,(H,34,38)(H,35,39);/q-1;/b29-21+;. The van der Waals surface area contributed by atoms with Gasteiger partial charge in [0.2, 0.25) is 5.91 Å². The Morgan fingerprint density at radius 2 is 1.45 bits per heavy atom. The fourth-order valence-corrected chi connectivity index (χ4v) is 5.34. The molecule has 3 amide bonds. The Morgan fingerprint density at radius 3 is 1.98 bits per heavy atom. The molecule has 2 rings (SSSR count). The van der Waals surface area contributed by atoms with Crippen molar-refractivity contribution in [3.63, 3.8) is 0 Å². The number of morpholine rings is 1. The van der Waals surface area contributed by atoms with E-state index in [-0.39, 0.29) is 79.8 Å². The summed E-state index contributed by atoms with van der Waals surface area (Å²) in [6.45, 7) is 15.7. The van der Waals surface area contributed by atoms with Crippen molar-refractivity contribution in [2.45, 2.75) is 27.2 Å². The first-order valence-electron chi connectivity index (χ1n) is 16.2. The minimum atomic E-state index is -0.362. The molecule has 2 aliphatic rings. The van der Waals surface area contributed by atoms with Gasteiger partial charge in [0.15, 0.2) is 0 Å². The van der Waals surface area contributed by atoms with Crippen LogP contribution >= 0.6 is 0 Å². The molecule has 0 bridgehead atoms. The van der Waals surface area contributed by atoms with E-state index in [9.17, 15) is 19.6 Å². The summed E-state index contributed by atoms with van der Waals surface area (Å²) in [5, 5.41) is 15.1. The Morgan fingerprint density at radius 1 is 0.915 bits per heavy atom. The molecule has 1 radical (unpaired) electrons. The van der Waals surface area contributed by atoms with E-state index in [2.05, 4.69) is 21.6 Å². The van der Waals surface area contributed by atoms with E-state index in [1.807, 2.05) is 20.8 Å². The van der Waals surface area contributed by atoms with Crippen LogP contribution in [-0.4, -0.2) is 153 Å². The second-order valence-electron chi connectivity index (χ2n) is 12.2. The van der Waals surface area contributed by atoms with Crippen LogP contribution in [-0.2, 0) is 42.8 Å². The summed E-state index contributed by atoms with van der Waals surface area (Å²) in [7, 11) is 0. The minimum absolute atomic E-state index is 0. The zero-order valence-electron chi connectivity index (χ0n) is 28.2. The third kappa shape index (κ3) is 20.0. The van der Waals surface area contributed by atoms with Gasteiger partial charge in [-0.1, -0.05) is 26.8 Å². The van der Waals surface area contributed by atoms with Gasteiger partial charge in [-0.2, -0.15) is 11.7 Å². The van der Waals surface area contributed by atoms with Crippen LogP contribution in [0.4, 0.5) is 0 Å². The van der Waals surface area contributed by atoms with Crippen molar-refractivity contribution in [1.82, 2.24) is 20.4 Å². The Balaban J connectivity index is 0.0000110. The van der Waals surface area contributed by atoms with Crippen molar-refractivity contribution in [3.8, 4) is 6.07 Å². The number of piperidine rings is 1. The molecule has 14 nitrogen and oxygen atoms in total. The fourth-order valence-electron chi connectivity index (χ4n) is 5.34. The number of rotatable bonds is 24. The van der Waals surface area contributed by atoms with Gasteiger partial charge in [-0.05, 0) is 17.8 Å². The maximum absolute atomic E-state index is 13.4. The molecule has 47 heavy (non-hydrogen) atoms. The Hall–Kier alpha value is -1.35. The van der Waals surface area contributed by atoms with Crippen molar-refractivity contribution in [2.24, 2.45) is 17.3 Å². The van der Waals surface area contributed by atoms with Crippen molar-refractivity contribution in [1.29, 1.82) is 5.26 Å². The van der Waals surface area contributed by atoms with E-state index in [4.69, 9.17) is 28.4 Å². The molecule has 2 N–H and O–H groups in total. The molecule has 2 aliphatic heterocycles. The van der Waals surface area contributed by atoms with E-state index in [1.54, 1.807) is 17.4 Å². The second kappa shape index (κ2) is 26.5. The third-order valence-electron chi connectivity index (χ3n) is 7.42. The summed E-state index contributed by atoms with van der Waals surface area (Å²) in [6, 6.07) is 2.12. The van der Waals surface area contributed by atoms with Gasteiger partial charge in [-0.3, -0.25) is 14.5 Å². The number of nitrogens with zero attached hydrogens (tertiary/aromatic N) is 3. The Labute approximate surface area is 310 Å². The first-order valence-corrected chi connectivity index (χ1v) is 16.2. The smallest absolute Gasteiger partial charge is 0.264 e. The third-order valence-corrected chi connectivity index (χ3v) is 7.42. The van der Waals surface area contributed by atoms with Crippen LogP contribution in [0.5, 0.6) is 0 Å². The van der Waals surface area contributed by atoms with E-state index >= 15 is 0 Å². The monoisotopic (exact) mass is 811 g/mol. The van der Waals surface area contributed by atoms with Crippen molar-refractivity contribution in [3.05, 3.63) is 11.6 Å². The molecule has 2 heterocycles. The predicted molar refractivity (Wildman–Crippen MR) is 169 cm³/mol. The summed E-state index contributed by atoms with van der Waals surface area (Å²) < 4.78 is 32.5. The van der Waals surface area contributed by atoms with Crippen molar-refractivity contribution < 1.29 is 81.4 Å².